The fourth-order valence-electron chi connectivity index (χ4n) is 3.74. The third-order valence-electron chi connectivity index (χ3n) is 5.38. The molecular formula is C24H27CaN5O3. The van der Waals surface area contributed by atoms with Gasteiger partial charge in [0.1, 0.15) is 0 Å². The van der Waals surface area contributed by atoms with Crippen LogP contribution < -0.4 is 10.2 Å². The van der Waals surface area contributed by atoms with Crippen LogP contribution in [-0.2, 0) is 16.1 Å². The van der Waals surface area contributed by atoms with Crippen molar-refractivity contribution in [1.29, 1.82) is 0 Å². The molecular weight excluding hydrogens is 446 g/mol. The third-order valence-corrected chi connectivity index (χ3v) is 5.38. The first-order chi connectivity index (χ1) is 15.4. The molecule has 0 bridgehead atoms. The fraction of sp³-hybridized carbons (Fsp3) is 0.375. The SMILES string of the molecule is CCCCC(=O)N(Cc1ccc(-c2ccccc2-c2nnn[n-]2)cc1)[C@H](C(=O)[O-])C(C)C.[Ca+2]. The molecule has 1 atom stereocenters. The van der Waals surface area contributed by atoms with E-state index in [0.717, 1.165) is 35.1 Å². The van der Waals surface area contributed by atoms with Crippen molar-refractivity contribution in [2.45, 2.75) is 52.6 Å². The molecule has 0 saturated heterocycles. The number of amides is 1. The van der Waals surface area contributed by atoms with Crippen LogP contribution in [0.5, 0.6) is 0 Å². The zero-order valence-electron chi connectivity index (χ0n) is 19.3. The van der Waals surface area contributed by atoms with Crippen LogP contribution in [0.15, 0.2) is 48.5 Å². The minimum absolute atomic E-state index is 0. The summed E-state index contributed by atoms with van der Waals surface area (Å²) in [6, 6.07) is 14.4. The van der Waals surface area contributed by atoms with Gasteiger partial charge in [-0.15, -0.1) is 0 Å². The molecule has 3 aromatic rings. The third kappa shape index (κ3) is 6.85. The number of rotatable bonds is 10. The quantitative estimate of drug-likeness (QED) is 0.414. The standard InChI is InChI=1S/C24H29N5O3.Ca/c1-4-5-10-21(30)29(22(16(2)3)24(31)32)15-17-11-13-18(14-12-17)19-8-6-7-9-20(19)23-25-27-28-26-23;/h6-9,11-14,16,22H,4-5,10,15H2,1-3H3,(H2,25,26,27,28,31,32);/q;+2/p-2/t22-;/m0./s1. The number of hydrogen-bond donors (Lipinski definition) is 0. The van der Waals surface area contributed by atoms with Crippen molar-refractivity contribution in [3.05, 3.63) is 54.1 Å². The van der Waals surface area contributed by atoms with Gasteiger partial charge in [0.2, 0.25) is 5.91 Å². The fourth-order valence-corrected chi connectivity index (χ4v) is 3.74. The van der Waals surface area contributed by atoms with E-state index in [1.165, 1.54) is 4.90 Å². The van der Waals surface area contributed by atoms with E-state index in [1.54, 1.807) is 13.8 Å². The Morgan fingerprint density at radius 3 is 2.27 bits per heavy atom. The number of nitrogens with zero attached hydrogens (tertiary/aromatic N) is 5. The van der Waals surface area contributed by atoms with Crippen LogP contribution in [0, 0.1) is 5.92 Å². The second-order valence-corrected chi connectivity index (χ2v) is 8.08. The average Bonchev–Trinajstić information content (AvgIpc) is 3.32. The molecule has 0 unspecified atom stereocenters. The molecule has 0 aliphatic heterocycles. The Bertz CT molecular complexity index is 1040. The van der Waals surface area contributed by atoms with E-state index < -0.39 is 12.0 Å². The average molecular weight is 474 g/mol. The summed E-state index contributed by atoms with van der Waals surface area (Å²) < 4.78 is 0. The van der Waals surface area contributed by atoms with Gasteiger partial charge in [0.25, 0.3) is 0 Å². The summed E-state index contributed by atoms with van der Waals surface area (Å²) in [4.78, 5) is 26.1. The van der Waals surface area contributed by atoms with Gasteiger partial charge in [-0.25, -0.2) is 0 Å². The van der Waals surface area contributed by atoms with Crippen molar-refractivity contribution in [2.24, 2.45) is 5.92 Å². The maximum atomic E-state index is 12.8. The molecule has 0 aliphatic rings. The Labute approximate surface area is 223 Å². The number of hydrogen-bond acceptors (Lipinski definition) is 6. The summed E-state index contributed by atoms with van der Waals surface area (Å²) in [5.41, 5.74) is 3.53. The minimum Gasteiger partial charge on any atom is -0.548 e. The van der Waals surface area contributed by atoms with Crippen LogP contribution in [0.3, 0.4) is 0 Å². The topological polar surface area (TPSA) is 113 Å². The molecule has 33 heavy (non-hydrogen) atoms. The van der Waals surface area contributed by atoms with Gasteiger partial charge in [0, 0.05) is 18.8 Å². The number of carbonyl (C=O) groups excluding carboxylic acids is 2. The maximum absolute atomic E-state index is 12.8. The molecule has 0 radical (unpaired) electrons. The summed E-state index contributed by atoms with van der Waals surface area (Å²) in [7, 11) is 0. The Kier molecular flexibility index (Phi) is 10.5. The van der Waals surface area contributed by atoms with Crippen molar-refractivity contribution < 1.29 is 14.7 Å². The molecule has 1 heterocycles. The van der Waals surface area contributed by atoms with E-state index in [0.29, 0.717) is 12.2 Å². The van der Waals surface area contributed by atoms with Crippen molar-refractivity contribution >= 4 is 49.6 Å². The molecule has 8 nitrogen and oxygen atoms in total. The van der Waals surface area contributed by atoms with Crippen molar-refractivity contribution in [1.82, 2.24) is 25.5 Å². The molecule has 0 fully saturated rings. The Balaban J connectivity index is 0.00000385. The van der Waals surface area contributed by atoms with E-state index in [-0.39, 0.29) is 56.1 Å². The summed E-state index contributed by atoms with van der Waals surface area (Å²) in [5.74, 6) is -1.21. The van der Waals surface area contributed by atoms with Crippen LogP contribution in [-0.4, -0.2) is 76.1 Å². The van der Waals surface area contributed by atoms with E-state index >= 15 is 0 Å². The van der Waals surface area contributed by atoms with Gasteiger partial charge in [-0.1, -0.05) is 75.7 Å². The largest absolute Gasteiger partial charge is 2.00 e. The molecule has 9 heteroatoms. The first-order valence-electron chi connectivity index (χ1n) is 10.8. The van der Waals surface area contributed by atoms with E-state index in [1.807, 2.05) is 55.5 Å². The van der Waals surface area contributed by atoms with E-state index in [2.05, 4.69) is 20.6 Å². The number of benzene rings is 2. The van der Waals surface area contributed by atoms with Crippen LogP contribution >= 0.6 is 0 Å². The van der Waals surface area contributed by atoms with Crippen LogP contribution in [0.4, 0.5) is 0 Å². The zero-order chi connectivity index (χ0) is 23.1. The minimum atomic E-state index is -1.23. The van der Waals surface area contributed by atoms with Gasteiger partial charge >= 0.3 is 37.7 Å². The first-order valence-corrected chi connectivity index (χ1v) is 10.8. The number of aromatic nitrogens is 4. The van der Waals surface area contributed by atoms with Gasteiger partial charge in [0.05, 0.1) is 12.0 Å². The second kappa shape index (κ2) is 12.8. The number of carboxylic acid groups (broad SMARTS) is 1. The van der Waals surface area contributed by atoms with Crippen molar-refractivity contribution in [2.75, 3.05) is 0 Å². The summed E-state index contributed by atoms with van der Waals surface area (Å²) >= 11 is 0. The number of carboxylic acids is 1. The maximum Gasteiger partial charge on any atom is 2.00 e. The normalized spacial score (nSPS) is 11.6. The molecule has 1 aromatic heterocycles. The number of unbranched alkanes of at least 4 members (excludes halogenated alkanes) is 1. The van der Waals surface area contributed by atoms with E-state index in [4.69, 9.17) is 0 Å². The molecule has 0 N–H and O–H groups in total. The molecule has 1 amide bonds. The molecule has 0 saturated carbocycles. The van der Waals surface area contributed by atoms with Gasteiger partial charge < -0.3 is 19.9 Å². The zero-order valence-corrected chi connectivity index (χ0v) is 21.5. The molecule has 0 spiro atoms. The number of tetrazole rings is 1. The molecule has 0 aliphatic carbocycles. The van der Waals surface area contributed by atoms with Gasteiger partial charge in [0.15, 0.2) is 0 Å². The summed E-state index contributed by atoms with van der Waals surface area (Å²) in [5, 5.41) is 26.8. The van der Waals surface area contributed by atoms with E-state index in [9.17, 15) is 14.7 Å². The molecule has 3 rings (SSSR count). The van der Waals surface area contributed by atoms with Crippen LogP contribution in [0.1, 0.15) is 45.6 Å². The first kappa shape index (κ1) is 27.0. The van der Waals surface area contributed by atoms with Crippen LogP contribution in [0.25, 0.3) is 22.5 Å². The smallest absolute Gasteiger partial charge is 0.548 e. The Morgan fingerprint density at radius 1 is 1.06 bits per heavy atom. The van der Waals surface area contributed by atoms with Gasteiger partial charge in [-0.2, -0.15) is 5.21 Å². The molecule has 2 aromatic carbocycles. The van der Waals surface area contributed by atoms with Crippen molar-refractivity contribution in [3.8, 4) is 22.5 Å². The molecule has 168 valence electrons. The summed E-state index contributed by atoms with van der Waals surface area (Å²) in [6.45, 7) is 5.78. The predicted octanol–water partition coefficient (Wildman–Crippen LogP) is 2.08. The van der Waals surface area contributed by atoms with Crippen molar-refractivity contribution in [3.63, 3.8) is 0 Å². The predicted molar refractivity (Wildman–Crippen MR) is 123 cm³/mol. The van der Waals surface area contributed by atoms with Crippen LogP contribution in [0.2, 0.25) is 0 Å². The monoisotopic (exact) mass is 473 g/mol. The number of carbonyl (C=O) groups is 2. The van der Waals surface area contributed by atoms with Gasteiger partial charge in [-0.3, -0.25) is 15.1 Å². The number of aliphatic carboxylic acids is 1. The van der Waals surface area contributed by atoms with Gasteiger partial charge in [-0.05, 0) is 34.6 Å². The second-order valence-electron chi connectivity index (χ2n) is 8.08. The Hall–Kier alpha value is -2.29. The Morgan fingerprint density at radius 2 is 1.73 bits per heavy atom. The summed E-state index contributed by atoms with van der Waals surface area (Å²) in [6.07, 6.45) is 1.90.